The molecule has 0 saturated heterocycles. The molecule has 114 valence electrons. The number of nitriles is 1. The van der Waals surface area contributed by atoms with E-state index in [0.29, 0.717) is 0 Å². The molecular weight excluding hydrogens is 291 g/mol. The number of hydrogen-bond acceptors (Lipinski definition) is 3. The lowest BCUT2D eigenvalue weighted by atomic mass is 9.99. The van der Waals surface area contributed by atoms with Crippen molar-refractivity contribution in [2.45, 2.75) is 44.0 Å². The van der Waals surface area contributed by atoms with Gasteiger partial charge in [-0.05, 0) is 62.8 Å². The molecule has 0 heterocycles. The summed E-state index contributed by atoms with van der Waals surface area (Å²) in [6.07, 6.45) is 1.71. The predicted octanol–water partition coefficient (Wildman–Crippen LogP) is 2.76. The highest BCUT2D eigenvalue weighted by Gasteiger charge is 2.49. The molecule has 0 bridgehead atoms. The molecule has 1 aliphatic rings. The normalized spacial score (nSPS) is 18.3. The highest BCUT2D eigenvalue weighted by atomic mass is 32.2. The molecule has 1 aromatic carbocycles. The average Bonchev–Trinajstić information content (AvgIpc) is 3.27. The predicted molar refractivity (Wildman–Crippen MR) is 77.6 cm³/mol. The second kappa shape index (κ2) is 5.08. The highest BCUT2D eigenvalue weighted by Crippen LogP contribution is 2.44. The number of aryl methyl sites for hydroxylation is 2. The molecule has 21 heavy (non-hydrogen) atoms. The minimum atomic E-state index is -3.83. The first-order chi connectivity index (χ1) is 9.64. The lowest BCUT2D eigenvalue weighted by molar-refractivity contribution is 0.276. The van der Waals surface area contributed by atoms with E-state index in [2.05, 4.69) is 6.07 Å². The maximum Gasteiger partial charge on any atom is 0.244 e. The number of halogens is 1. The number of sulfonamides is 1. The molecule has 6 heteroatoms. The van der Waals surface area contributed by atoms with Crippen LogP contribution in [0.25, 0.3) is 0 Å². The van der Waals surface area contributed by atoms with Gasteiger partial charge in [0.05, 0.1) is 11.0 Å². The van der Waals surface area contributed by atoms with Crippen molar-refractivity contribution in [2.75, 3.05) is 7.05 Å². The molecule has 0 amide bonds. The van der Waals surface area contributed by atoms with Gasteiger partial charge in [0.1, 0.15) is 11.4 Å². The Balaban J connectivity index is 2.50. The molecule has 1 aromatic rings. The fourth-order valence-electron chi connectivity index (χ4n) is 2.53. The second-order valence-electron chi connectivity index (χ2n) is 5.88. The van der Waals surface area contributed by atoms with Gasteiger partial charge in [-0.2, -0.15) is 9.57 Å². The first-order valence-electron chi connectivity index (χ1n) is 6.81. The molecule has 1 atom stereocenters. The van der Waals surface area contributed by atoms with E-state index in [1.807, 2.05) is 0 Å². The number of benzene rings is 1. The maximum atomic E-state index is 13.7. The Labute approximate surface area is 125 Å². The molecule has 0 spiro atoms. The molecule has 4 nitrogen and oxygen atoms in total. The fourth-order valence-corrected chi connectivity index (χ4v) is 4.18. The minimum absolute atomic E-state index is 0.0310. The van der Waals surface area contributed by atoms with Crippen LogP contribution in [0.3, 0.4) is 0 Å². The van der Waals surface area contributed by atoms with Gasteiger partial charge in [-0.25, -0.2) is 12.8 Å². The van der Waals surface area contributed by atoms with Gasteiger partial charge in [0.15, 0.2) is 0 Å². The van der Waals surface area contributed by atoms with Crippen molar-refractivity contribution in [3.63, 3.8) is 0 Å². The maximum absolute atomic E-state index is 13.7. The van der Waals surface area contributed by atoms with Crippen LogP contribution in [0.5, 0.6) is 0 Å². The number of hydrogen-bond donors (Lipinski definition) is 0. The van der Waals surface area contributed by atoms with Gasteiger partial charge < -0.3 is 0 Å². The van der Waals surface area contributed by atoms with Gasteiger partial charge in [-0.15, -0.1) is 0 Å². The van der Waals surface area contributed by atoms with E-state index >= 15 is 0 Å². The van der Waals surface area contributed by atoms with Crippen molar-refractivity contribution in [2.24, 2.45) is 5.92 Å². The van der Waals surface area contributed by atoms with E-state index in [1.165, 1.54) is 33.0 Å². The van der Waals surface area contributed by atoms with Crippen molar-refractivity contribution >= 4 is 10.0 Å². The van der Waals surface area contributed by atoms with Gasteiger partial charge in [0.2, 0.25) is 10.0 Å². The standard InChI is InChI=1S/C15H19FN2O2S/c1-10-7-13(8-11(2)14(10)16)21(19,20)18(4)15(3,9-17)12-5-6-12/h7-8,12H,5-6H2,1-4H3/t15-/m1/s1. The summed E-state index contributed by atoms with van der Waals surface area (Å²) in [6.45, 7) is 4.71. The number of rotatable bonds is 4. The van der Waals surface area contributed by atoms with Crippen molar-refractivity contribution in [1.82, 2.24) is 4.31 Å². The smallest absolute Gasteiger partial charge is 0.207 e. The Morgan fingerprint density at radius 3 is 2.19 bits per heavy atom. The summed E-state index contributed by atoms with van der Waals surface area (Å²) in [6, 6.07) is 4.77. The molecular formula is C15H19FN2O2S. The fraction of sp³-hybridized carbons (Fsp3) is 0.533. The van der Waals surface area contributed by atoms with Gasteiger partial charge in [0, 0.05) is 7.05 Å². The summed E-state index contributed by atoms with van der Waals surface area (Å²) in [5.41, 5.74) is -0.492. The van der Waals surface area contributed by atoms with Crippen LogP contribution in [0.1, 0.15) is 30.9 Å². The van der Waals surface area contributed by atoms with Gasteiger partial charge >= 0.3 is 0 Å². The zero-order valence-corrected chi connectivity index (χ0v) is 13.5. The Kier molecular flexibility index (Phi) is 3.85. The van der Waals surface area contributed by atoms with Crippen LogP contribution in [0.15, 0.2) is 17.0 Å². The van der Waals surface area contributed by atoms with E-state index in [-0.39, 0.29) is 21.9 Å². The molecule has 1 fully saturated rings. The number of nitrogens with zero attached hydrogens (tertiary/aromatic N) is 2. The van der Waals surface area contributed by atoms with E-state index in [0.717, 1.165) is 17.1 Å². The van der Waals surface area contributed by atoms with Crippen molar-refractivity contribution in [3.05, 3.63) is 29.1 Å². The zero-order valence-electron chi connectivity index (χ0n) is 12.6. The van der Waals surface area contributed by atoms with Crippen LogP contribution in [0.2, 0.25) is 0 Å². The molecule has 0 radical (unpaired) electrons. The average molecular weight is 310 g/mol. The summed E-state index contributed by atoms with van der Waals surface area (Å²) >= 11 is 0. The van der Waals surface area contributed by atoms with E-state index < -0.39 is 21.4 Å². The van der Waals surface area contributed by atoms with Crippen LogP contribution in [0.4, 0.5) is 4.39 Å². The Morgan fingerprint density at radius 1 is 1.33 bits per heavy atom. The third-order valence-electron chi connectivity index (χ3n) is 4.32. The molecule has 0 N–H and O–H groups in total. The molecule has 1 aliphatic carbocycles. The first-order valence-corrected chi connectivity index (χ1v) is 8.25. The lowest BCUT2D eigenvalue weighted by Gasteiger charge is -2.32. The van der Waals surface area contributed by atoms with Crippen LogP contribution in [-0.4, -0.2) is 25.3 Å². The topological polar surface area (TPSA) is 61.2 Å². The van der Waals surface area contributed by atoms with Crippen molar-refractivity contribution in [3.8, 4) is 6.07 Å². The Bertz CT molecular complexity index is 697. The Hall–Kier alpha value is -1.45. The summed E-state index contributed by atoms with van der Waals surface area (Å²) in [4.78, 5) is 0.0310. The molecule has 1 saturated carbocycles. The summed E-state index contributed by atoms with van der Waals surface area (Å²) in [5, 5.41) is 9.41. The third kappa shape index (κ3) is 2.56. The van der Waals surface area contributed by atoms with Crippen molar-refractivity contribution in [1.29, 1.82) is 5.26 Å². The third-order valence-corrected chi connectivity index (χ3v) is 6.25. The van der Waals surface area contributed by atoms with Gasteiger partial charge in [0.25, 0.3) is 0 Å². The highest BCUT2D eigenvalue weighted by molar-refractivity contribution is 7.89. The van der Waals surface area contributed by atoms with Crippen LogP contribution >= 0.6 is 0 Å². The quantitative estimate of drug-likeness (QED) is 0.859. The van der Waals surface area contributed by atoms with E-state index in [9.17, 15) is 18.1 Å². The molecule has 0 unspecified atom stereocenters. The van der Waals surface area contributed by atoms with Crippen LogP contribution < -0.4 is 0 Å². The van der Waals surface area contributed by atoms with Crippen LogP contribution in [0, 0.1) is 36.9 Å². The minimum Gasteiger partial charge on any atom is -0.207 e. The lowest BCUT2D eigenvalue weighted by Crippen LogP contribution is -2.47. The molecule has 0 aromatic heterocycles. The van der Waals surface area contributed by atoms with Gasteiger partial charge in [-0.3, -0.25) is 0 Å². The molecule has 2 rings (SSSR count). The second-order valence-corrected chi connectivity index (χ2v) is 7.85. The molecule has 0 aliphatic heterocycles. The van der Waals surface area contributed by atoms with Gasteiger partial charge in [-0.1, -0.05) is 0 Å². The summed E-state index contributed by atoms with van der Waals surface area (Å²) < 4.78 is 40.3. The zero-order chi connectivity index (χ0) is 16.0. The Morgan fingerprint density at radius 2 is 1.81 bits per heavy atom. The van der Waals surface area contributed by atoms with Crippen molar-refractivity contribution < 1.29 is 12.8 Å². The monoisotopic (exact) mass is 310 g/mol. The first kappa shape index (κ1) is 15.9. The van der Waals surface area contributed by atoms with Crippen LogP contribution in [-0.2, 0) is 10.0 Å². The van der Waals surface area contributed by atoms with E-state index in [1.54, 1.807) is 6.92 Å². The summed E-state index contributed by atoms with van der Waals surface area (Å²) in [7, 11) is -2.41. The largest absolute Gasteiger partial charge is 0.244 e. The summed E-state index contributed by atoms with van der Waals surface area (Å²) in [5.74, 6) is -0.341. The van der Waals surface area contributed by atoms with E-state index in [4.69, 9.17) is 0 Å². The SMILES string of the molecule is Cc1cc(S(=O)(=O)N(C)[C@](C)(C#N)C2CC2)cc(C)c1F.